The number of amides is 1. The minimum absolute atomic E-state index is 0.198. The van der Waals surface area contributed by atoms with E-state index in [-0.39, 0.29) is 5.95 Å². The maximum absolute atomic E-state index is 11.8. The van der Waals surface area contributed by atoms with Crippen molar-refractivity contribution in [1.82, 2.24) is 13.9 Å². The third-order valence-corrected chi connectivity index (χ3v) is 2.57. The Morgan fingerprint density at radius 3 is 2.41 bits per heavy atom. The molecule has 0 aliphatic heterocycles. The van der Waals surface area contributed by atoms with Gasteiger partial charge in [-0.05, 0) is 5.41 Å². The Hall–Kier alpha value is -1.50. The number of primary amides is 1. The number of halogens is 1. The number of hydrogen-bond donors (Lipinski definition) is 2. The molecule has 1 aromatic heterocycles. The summed E-state index contributed by atoms with van der Waals surface area (Å²) < 4.78 is 1.81. The molecule has 1 atom stereocenters. The van der Waals surface area contributed by atoms with Crippen molar-refractivity contribution in [2.24, 2.45) is 11.1 Å². The van der Waals surface area contributed by atoms with Crippen LogP contribution in [0.25, 0.3) is 0 Å². The van der Waals surface area contributed by atoms with Gasteiger partial charge in [0.25, 0.3) is 0 Å². The van der Waals surface area contributed by atoms with Crippen LogP contribution in [0.5, 0.6) is 0 Å². The van der Waals surface area contributed by atoms with Crippen LogP contribution in [0.15, 0.2) is 4.79 Å². The monoisotopic (exact) mass is 261 g/mol. The van der Waals surface area contributed by atoms with E-state index in [9.17, 15) is 9.59 Å². The van der Waals surface area contributed by atoms with Gasteiger partial charge in [-0.3, -0.25) is 4.79 Å². The minimum Gasteiger partial charge on any atom is -0.368 e. The molecule has 0 radical (unpaired) electrons. The lowest BCUT2D eigenvalue weighted by molar-refractivity contribution is -0.124. The number of hydrogen-bond acceptors (Lipinski definition) is 4. The number of carbonyl (C=O) groups is 1. The Labute approximate surface area is 104 Å². The molecule has 0 spiro atoms. The molecule has 1 heterocycles. The fourth-order valence-corrected chi connectivity index (χ4v) is 1.85. The zero-order valence-corrected chi connectivity index (χ0v) is 10.9. The average Bonchev–Trinajstić information content (AvgIpc) is 2.43. The molecule has 0 saturated carbocycles. The third-order valence-electron chi connectivity index (χ3n) is 2.35. The summed E-state index contributed by atoms with van der Waals surface area (Å²) >= 11 is 5.59. The van der Waals surface area contributed by atoms with Crippen molar-refractivity contribution in [3.8, 4) is 0 Å². The standard InChI is InChI=1S/C9H16ClN5O2/c1-9(2,3)5(6(11)16)14-7(12-4)13-15(10)8(14)17/h5H,1-4H3,(H2,11,16)(H,12,13). The van der Waals surface area contributed by atoms with Crippen LogP contribution in [0.4, 0.5) is 5.95 Å². The lowest BCUT2D eigenvalue weighted by atomic mass is 9.86. The molecule has 1 unspecified atom stereocenters. The molecule has 1 rings (SSSR count). The molecule has 0 fully saturated rings. The first kappa shape index (κ1) is 13.6. The first-order chi connectivity index (χ1) is 7.70. The van der Waals surface area contributed by atoms with Crippen LogP contribution >= 0.6 is 11.8 Å². The van der Waals surface area contributed by atoms with Crippen LogP contribution in [0.3, 0.4) is 0 Å². The average molecular weight is 262 g/mol. The zero-order chi connectivity index (χ0) is 13.4. The molecule has 17 heavy (non-hydrogen) atoms. The minimum atomic E-state index is -0.829. The Morgan fingerprint density at radius 2 is 2.06 bits per heavy atom. The lowest BCUT2D eigenvalue weighted by Crippen LogP contribution is -2.41. The molecule has 7 nitrogen and oxygen atoms in total. The van der Waals surface area contributed by atoms with Crippen molar-refractivity contribution < 1.29 is 4.79 Å². The molecule has 0 aliphatic carbocycles. The largest absolute Gasteiger partial charge is 0.368 e. The molecular weight excluding hydrogens is 246 g/mol. The Balaban J connectivity index is 3.49. The summed E-state index contributed by atoms with van der Waals surface area (Å²) in [5, 5.41) is 6.46. The first-order valence-corrected chi connectivity index (χ1v) is 5.38. The molecule has 0 saturated heterocycles. The van der Waals surface area contributed by atoms with Gasteiger partial charge in [0.1, 0.15) is 6.04 Å². The zero-order valence-electron chi connectivity index (χ0n) is 10.2. The lowest BCUT2D eigenvalue weighted by Gasteiger charge is -2.28. The fraction of sp³-hybridized carbons (Fsp3) is 0.667. The van der Waals surface area contributed by atoms with Crippen LogP contribution in [0.1, 0.15) is 26.8 Å². The molecular formula is C9H16ClN5O2. The molecule has 0 aliphatic rings. The Kier molecular flexibility index (Phi) is 3.51. The summed E-state index contributed by atoms with van der Waals surface area (Å²) in [5.74, 6) is -0.413. The molecule has 3 N–H and O–H groups in total. The highest BCUT2D eigenvalue weighted by Gasteiger charge is 2.35. The SMILES string of the molecule is CNc1nn(Cl)c(=O)n1C(C(N)=O)C(C)(C)C. The maximum Gasteiger partial charge on any atom is 0.363 e. The number of rotatable bonds is 3. The predicted molar refractivity (Wildman–Crippen MR) is 65.0 cm³/mol. The van der Waals surface area contributed by atoms with Gasteiger partial charge in [-0.25, -0.2) is 9.36 Å². The van der Waals surface area contributed by atoms with Gasteiger partial charge in [0, 0.05) is 18.8 Å². The molecule has 0 aromatic carbocycles. The van der Waals surface area contributed by atoms with Crippen molar-refractivity contribution >= 4 is 23.6 Å². The van der Waals surface area contributed by atoms with Crippen LogP contribution < -0.4 is 16.7 Å². The van der Waals surface area contributed by atoms with Gasteiger partial charge in [0.2, 0.25) is 11.9 Å². The van der Waals surface area contributed by atoms with Gasteiger partial charge in [-0.15, -0.1) is 9.30 Å². The summed E-state index contributed by atoms with van der Waals surface area (Å²) in [5.41, 5.74) is 4.22. The molecule has 8 heteroatoms. The number of carbonyl (C=O) groups excluding carboxylic acids is 1. The van der Waals surface area contributed by atoms with Crippen molar-refractivity contribution in [3.63, 3.8) is 0 Å². The van der Waals surface area contributed by atoms with Gasteiger partial charge >= 0.3 is 5.69 Å². The second kappa shape index (κ2) is 4.40. The smallest absolute Gasteiger partial charge is 0.363 e. The summed E-state index contributed by atoms with van der Waals surface area (Å²) in [6.45, 7) is 5.42. The number of nitrogens with two attached hydrogens (primary N) is 1. The van der Waals surface area contributed by atoms with Crippen LogP contribution in [-0.4, -0.2) is 26.8 Å². The highest BCUT2D eigenvalue weighted by molar-refractivity contribution is 6.14. The van der Waals surface area contributed by atoms with Crippen molar-refractivity contribution in [3.05, 3.63) is 10.5 Å². The second-order valence-corrected chi connectivity index (χ2v) is 5.08. The van der Waals surface area contributed by atoms with E-state index in [0.717, 1.165) is 4.57 Å². The van der Waals surface area contributed by atoms with Gasteiger partial charge in [-0.2, -0.15) is 0 Å². The predicted octanol–water partition coefficient (Wildman–Crippen LogP) is 0.161. The highest BCUT2D eigenvalue weighted by Crippen LogP contribution is 2.30. The number of nitrogens with one attached hydrogen (secondary N) is 1. The normalized spacial score (nSPS) is 13.5. The maximum atomic E-state index is 11.8. The number of anilines is 1. The van der Waals surface area contributed by atoms with E-state index in [1.54, 1.807) is 27.8 Å². The van der Waals surface area contributed by atoms with Gasteiger partial charge < -0.3 is 11.1 Å². The highest BCUT2D eigenvalue weighted by atomic mass is 35.5. The van der Waals surface area contributed by atoms with E-state index >= 15 is 0 Å². The second-order valence-electron chi connectivity index (χ2n) is 4.76. The van der Waals surface area contributed by atoms with E-state index in [4.69, 9.17) is 17.5 Å². The summed E-state index contributed by atoms with van der Waals surface area (Å²) in [6.07, 6.45) is 0. The van der Waals surface area contributed by atoms with Gasteiger partial charge in [-0.1, -0.05) is 20.8 Å². The van der Waals surface area contributed by atoms with E-state index in [1.165, 1.54) is 0 Å². The van der Waals surface area contributed by atoms with Crippen LogP contribution in [-0.2, 0) is 4.79 Å². The molecule has 0 bridgehead atoms. The van der Waals surface area contributed by atoms with Crippen LogP contribution in [0.2, 0.25) is 0 Å². The van der Waals surface area contributed by atoms with E-state index in [2.05, 4.69) is 10.4 Å². The first-order valence-electron chi connectivity index (χ1n) is 5.05. The fourth-order valence-electron chi connectivity index (χ4n) is 1.70. The Bertz CT molecular complexity index is 485. The van der Waals surface area contributed by atoms with Crippen molar-refractivity contribution in [2.75, 3.05) is 12.4 Å². The molecule has 1 aromatic rings. The quantitative estimate of drug-likeness (QED) is 0.810. The summed E-state index contributed by atoms with van der Waals surface area (Å²) in [7, 11) is 1.58. The third kappa shape index (κ3) is 2.44. The number of aromatic nitrogens is 3. The van der Waals surface area contributed by atoms with Crippen molar-refractivity contribution in [1.29, 1.82) is 0 Å². The topological polar surface area (TPSA) is 94.9 Å². The summed E-state index contributed by atoms with van der Waals surface area (Å²) in [6, 6.07) is -0.829. The van der Waals surface area contributed by atoms with Gasteiger partial charge in [0.05, 0.1) is 0 Å². The molecule has 96 valence electrons. The van der Waals surface area contributed by atoms with E-state index in [0.29, 0.717) is 4.20 Å². The van der Waals surface area contributed by atoms with E-state index in [1.807, 2.05) is 0 Å². The van der Waals surface area contributed by atoms with E-state index < -0.39 is 23.1 Å². The summed E-state index contributed by atoms with van der Waals surface area (Å²) in [4.78, 5) is 23.4. The van der Waals surface area contributed by atoms with Crippen molar-refractivity contribution in [2.45, 2.75) is 26.8 Å². The number of nitrogens with zero attached hydrogens (tertiary/aromatic N) is 3. The van der Waals surface area contributed by atoms with Crippen LogP contribution in [0, 0.1) is 5.41 Å². The Morgan fingerprint density at radius 1 is 1.53 bits per heavy atom. The molecule has 1 amide bonds. The van der Waals surface area contributed by atoms with Gasteiger partial charge in [0.15, 0.2) is 0 Å².